The fourth-order valence-corrected chi connectivity index (χ4v) is 2.61. The molecule has 0 bridgehead atoms. The van der Waals surface area contributed by atoms with Crippen LogP contribution in [0.4, 0.5) is 33.5 Å². The SMILES string of the molecule is C=C1C=C(C(F)F)n2ncc(C(=O)Nc3ccc(C)cc3C(F)(F)F)c2N1. The summed E-state index contributed by atoms with van der Waals surface area (Å²) in [4.78, 5) is 12.5. The minimum atomic E-state index is -4.68. The number of anilines is 2. The summed E-state index contributed by atoms with van der Waals surface area (Å²) in [5.74, 6) is -1.03. The summed E-state index contributed by atoms with van der Waals surface area (Å²) in [7, 11) is 0. The number of rotatable bonds is 3. The largest absolute Gasteiger partial charge is 0.418 e. The topological polar surface area (TPSA) is 59.0 Å². The number of aromatic nitrogens is 2. The van der Waals surface area contributed by atoms with Crippen LogP contribution in [0.25, 0.3) is 5.70 Å². The minimum Gasteiger partial charge on any atom is -0.340 e. The van der Waals surface area contributed by atoms with Crippen molar-refractivity contribution >= 4 is 23.1 Å². The van der Waals surface area contributed by atoms with Gasteiger partial charge in [0.15, 0.2) is 0 Å². The number of benzene rings is 1. The molecule has 2 heterocycles. The van der Waals surface area contributed by atoms with Crippen molar-refractivity contribution in [2.45, 2.75) is 19.5 Å². The van der Waals surface area contributed by atoms with Crippen LogP contribution in [0.1, 0.15) is 21.5 Å². The van der Waals surface area contributed by atoms with E-state index in [1.807, 2.05) is 0 Å². The summed E-state index contributed by atoms with van der Waals surface area (Å²) < 4.78 is 66.7. The van der Waals surface area contributed by atoms with Gasteiger partial charge in [-0.1, -0.05) is 18.2 Å². The average molecular weight is 384 g/mol. The highest BCUT2D eigenvalue weighted by atomic mass is 19.4. The summed E-state index contributed by atoms with van der Waals surface area (Å²) in [5.41, 5.74) is -1.69. The van der Waals surface area contributed by atoms with E-state index in [-0.39, 0.29) is 17.1 Å². The number of nitrogens with one attached hydrogen (secondary N) is 2. The zero-order valence-corrected chi connectivity index (χ0v) is 13.9. The maximum absolute atomic E-state index is 13.2. The van der Waals surface area contributed by atoms with E-state index in [1.54, 1.807) is 0 Å². The Bertz CT molecular complexity index is 959. The molecule has 5 nitrogen and oxygen atoms in total. The summed E-state index contributed by atoms with van der Waals surface area (Å²) in [6.07, 6.45) is -5.50. The number of hydrogen-bond acceptors (Lipinski definition) is 3. The summed E-state index contributed by atoms with van der Waals surface area (Å²) in [6, 6.07) is 3.44. The molecule has 1 aliphatic rings. The molecular weight excluding hydrogens is 371 g/mol. The molecule has 27 heavy (non-hydrogen) atoms. The van der Waals surface area contributed by atoms with Gasteiger partial charge in [0.2, 0.25) is 0 Å². The van der Waals surface area contributed by atoms with Crippen LogP contribution in [0.5, 0.6) is 0 Å². The molecule has 1 aromatic carbocycles. The van der Waals surface area contributed by atoms with Crippen LogP contribution in [0, 0.1) is 6.92 Å². The third-order valence-electron chi connectivity index (χ3n) is 3.81. The first-order chi connectivity index (χ1) is 12.6. The number of carbonyl (C=O) groups excluding carboxylic acids is 1. The highest BCUT2D eigenvalue weighted by Crippen LogP contribution is 2.36. The van der Waals surface area contributed by atoms with Gasteiger partial charge in [0.05, 0.1) is 17.4 Å². The average Bonchev–Trinajstić information content (AvgIpc) is 2.98. The Balaban J connectivity index is 1.97. The van der Waals surface area contributed by atoms with E-state index in [4.69, 9.17) is 0 Å². The number of allylic oxidation sites excluding steroid dienone is 2. The number of amides is 1. The van der Waals surface area contributed by atoms with Gasteiger partial charge < -0.3 is 10.6 Å². The number of hydrogen-bond donors (Lipinski definition) is 2. The predicted octanol–water partition coefficient (Wildman–Crippen LogP) is 4.51. The normalized spacial score (nSPS) is 13.9. The van der Waals surface area contributed by atoms with Gasteiger partial charge in [-0.2, -0.15) is 18.3 Å². The molecule has 2 aromatic rings. The van der Waals surface area contributed by atoms with E-state index < -0.39 is 35.5 Å². The van der Waals surface area contributed by atoms with Crippen LogP contribution >= 0.6 is 0 Å². The Hall–Kier alpha value is -3.17. The van der Waals surface area contributed by atoms with E-state index >= 15 is 0 Å². The fraction of sp³-hybridized carbons (Fsp3) is 0.176. The summed E-state index contributed by atoms with van der Waals surface area (Å²) in [5, 5.41) is 8.52. The molecule has 0 unspecified atom stereocenters. The Morgan fingerprint density at radius 3 is 2.67 bits per heavy atom. The Labute approximate surface area is 150 Å². The molecular formula is C17H13F5N4O. The lowest BCUT2D eigenvalue weighted by Crippen LogP contribution is -2.21. The number of nitrogens with zero attached hydrogens (tertiary/aromatic N) is 2. The molecule has 2 N–H and O–H groups in total. The molecule has 0 fully saturated rings. The number of fused-ring (bicyclic) bond motifs is 1. The first-order valence-corrected chi connectivity index (χ1v) is 7.61. The van der Waals surface area contributed by atoms with Crippen molar-refractivity contribution in [2.75, 3.05) is 10.6 Å². The second-order valence-corrected chi connectivity index (χ2v) is 5.84. The van der Waals surface area contributed by atoms with E-state index in [9.17, 15) is 26.7 Å². The lowest BCUT2D eigenvalue weighted by Gasteiger charge is -2.20. The Morgan fingerprint density at radius 1 is 1.33 bits per heavy atom. The first-order valence-electron chi connectivity index (χ1n) is 7.61. The molecule has 0 atom stereocenters. The highest BCUT2D eigenvalue weighted by Gasteiger charge is 2.34. The third kappa shape index (κ3) is 3.55. The molecule has 3 rings (SSSR count). The second kappa shape index (κ2) is 6.53. The molecule has 0 saturated heterocycles. The third-order valence-corrected chi connectivity index (χ3v) is 3.81. The monoisotopic (exact) mass is 384 g/mol. The van der Waals surface area contributed by atoms with Crippen LogP contribution < -0.4 is 10.6 Å². The van der Waals surface area contributed by atoms with Crippen molar-refractivity contribution in [3.05, 3.63) is 59.4 Å². The van der Waals surface area contributed by atoms with Crippen molar-refractivity contribution in [3.8, 4) is 0 Å². The number of carbonyl (C=O) groups is 1. The van der Waals surface area contributed by atoms with Gasteiger partial charge >= 0.3 is 6.18 Å². The molecule has 142 valence electrons. The molecule has 10 heteroatoms. The fourth-order valence-electron chi connectivity index (χ4n) is 2.61. The lowest BCUT2D eigenvalue weighted by molar-refractivity contribution is -0.136. The lowest BCUT2D eigenvalue weighted by atomic mass is 10.1. The number of aryl methyl sites for hydroxylation is 1. The van der Waals surface area contributed by atoms with E-state index in [1.165, 1.54) is 13.0 Å². The second-order valence-electron chi connectivity index (χ2n) is 5.84. The van der Waals surface area contributed by atoms with Crippen molar-refractivity contribution in [1.29, 1.82) is 0 Å². The first kappa shape index (κ1) is 18.6. The highest BCUT2D eigenvalue weighted by molar-refractivity contribution is 6.08. The molecule has 0 aliphatic carbocycles. The van der Waals surface area contributed by atoms with Gasteiger partial charge in [-0.05, 0) is 25.1 Å². The van der Waals surface area contributed by atoms with Crippen LogP contribution in [0.15, 0.2) is 42.7 Å². The number of alkyl halides is 5. The maximum atomic E-state index is 13.2. The van der Waals surface area contributed by atoms with Gasteiger partial charge in [0.1, 0.15) is 17.1 Å². The van der Waals surface area contributed by atoms with Crippen molar-refractivity contribution in [3.63, 3.8) is 0 Å². The van der Waals surface area contributed by atoms with Crippen molar-refractivity contribution in [2.24, 2.45) is 0 Å². The Kier molecular flexibility index (Phi) is 4.50. The van der Waals surface area contributed by atoms with Crippen molar-refractivity contribution in [1.82, 2.24) is 9.78 Å². The zero-order valence-electron chi connectivity index (χ0n) is 13.9. The van der Waals surface area contributed by atoms with Crippen LogP contribution in [0.2, 0.25) is 0 Å². The smallest absolute Gasteiger partial charge is 0.340 e. The summed E-state index contributed by atoms with van der Waals surface area (Å²) >= 11 is 0. The van der Waals surface area contributed by atoms with Gasteiger partial charge in [0.25, 0.3) is 12.3 Å². The zero-order chi connectivity index (χ0) is 19.9. The summed E-state index contributed by atoms with van der Waals surface area (Å²) in [6.45, 7) is 5.01. The van der Waals surface area contributed by atoms with Crippen LogP contribution in [0.3, 0.4) is 0 Å². The van der Waals surface area contributed by atoms with Crippen LogP contribution in [-0.2, 0) is 6.18 Å². The van der Waals surface area contributed by atoms with Crippen molar-refractivity contribution < 1.29 is 26.7 Å². The van der Waals surface area contributed by atoms with Gasteiger partial charge in [-0.3, -0.25) is 4.79 Å². The van der Waals surface area contributed by atoms with Crippen LogP contribution in [-0.4, -0.2) is 22.1 Å². The molecule has 0 spiro atoms. The van der Waals surface area contributed by atoms with E-state index in [0.717, 1.165) is 29.1 Å². The van der Waals surface area contributed by atoms with E-state index in [2.05, 4.69) is 22.3 Å². The van der Waals surface area contributed by atoms with Gasteiger partial charge in [-0.25, -0.2) is 13.5 Å². The molecule has 1 aliphatic heterocycles. The quantitative estimate of drug-likeness (QED) is 0.766. The predicted molar refractivity (Wildman–Crippen MR) is 89.4 cm³/mol. The van der Waals surface area contributed by atoms with E-state index in [0.29, 0.717) is 5.56 Å². The minimum absolute atomic E-state index is 0.0960. The molecule has 0 radical (unpaired) electrons. The standard InChI is InChI=1S/C17H13F5N4O/c1-8-3-4-12(11(5-8)17(20,21)22)25-16(27)10-7-23-26-13(14(18)19)6-9(2)24-15(10)26/h3-7,14,24H,2H2,1H3,(H,25,27). The molecule has 1 amide bonds. The van der Waals surface area contributed by atoms with Gasteiger partial charge in [0, 0.05) is 5.70 Å². The Morgan fingerprint density at radius 2 is 2.04 bits per heavy atom. The molecule has 0 saturated carbocycles. The van der Waals surface area contributed by atoms with Gasteiger partial charge in [-0.15, -0.1) is 0 Å². The maximum Gasteiger partial charge on any atom is 0.418 e. The number of halogens is 5. The molecule has 1 aromatic heterocycles.